The summed E-state index contributed by atoms with van der Waals surface area (Å²) in [7, 11) is 1.55. The highest BCUT2D eigenvalue weighted by Crippen LogP contribution is 2.35. The van der Waals surface area contributed by atoms with E-state index in [0.717, 1.165) is 23.5 Å². The van der Waals surface area contributed by atoms with Gasteiger partial charge in [0, 0.05) is 23.2 Å². The second-order valence-corrected chi connectivity index (χ2v) is 8.25. The molecule has 0 unspecified atom stereocenters. The normalized spacial score (nSPS) is 11.3. The number of anilines is 1. The number of carbonyl (C=O) groups is 1. The Morgan fingerprint density at radius 1 is 1.27 bits per heavy atom. The number of aromatic nitrogens is 3. The van der Waals surface area contributed by atoms with Crippen molar-refractivity contribution in [2.75, 3.05) is 12.8 Å². The Morgan fingerprint density at radius 2 is 2.00 bits per heavy atom. The van der Waals surface area contributed by atoms with Crippen LogP contribution in [0.15, 0.2) is 40.9 Å². The van der Waals surface area contributed by atoms with Crippen LogP contribution < -0.4 is 20.3 Å². The topological polar surface area (TPSA) is 118 Å². The third-order valence-corrected chi connectivity index (χ3v) is 5.73. The number of thiophene rings is 1. The van der Waals surface area contributed by atoms with Crippen molar-refractivity contribution in [2.24, 2.45) is 5.92 Å². The molecule has 1 aromatic carbocycles. The number of fused-ring (bicyclic) bond motifs is 1. The summed E-state index contributed by atoms with van der Waals surface area (Å²) in [4.78, 5) is 18.8. The van der Waals surface area contributed by atoms with Crippen molar-refractivity contribution < 1.29 is 23.8 Å². The number of benzene rings is 1. The standard InChI is InChI=1S/C21H20N4O4S/c1-11(2)10-12-4-9-15-16(22)19(30-20(15)23-12)18(26)17-21(27)29-24-25(17)13-5-7-14(28-3)8-6-13/h4-9,11H,10H2,1-3H3,(H2-,22,24,26,27). The predicted octanol–water partition coefficient (Wildman–Crippen LogP) is 2.65. The maximum atomic E-state index is 13.3. The number of nitrogen functional groups attached to an aromatic ring is 1. The Bertz CT molecular complexity index is 1230. The van der Waals surface area contributed by atoms with E-state index in [2.05, 4.69) is 24.1 Å². The van der Waals surface area contributed by atoms with Gasteiger partial charge in [0.25, 0.3) is 5.78 Å². The molecule has 30 heavy (non-hydrogen) atoms. The number of hydrogen-bond donors (Lipinski definition) is 1. The van der Waals surface area contributed by atoms with Crippen molar-refractivity contribution in [3.8, 4) is 17.4 Å². The fourth-order valence-corrected chi connectivity index (χ4v) is 4.23. The summed E-state index contributed by atoms with van der Waals surface area (Å²) < 4.78 is 11.1. The Labute approximate surface area is 176 Å². The molecule has 0 spiro atoms. The van der Waals surface area contributed by atoms with Gasteiger partial charge in [0.2, 0.25) is 5.69 Å². The van der Waals surface area contributed by atoms with E-state index < -0.39 is 11.7 Å². The van der Waals surface area contributed by atoms with Gasteiger partial charge < -0.3 is 20.1 Å². The molecule has 0 aliphatic rings. The quantitative estimate of drug-likeness (QED) is 0.373. The summed E-state index contributed by atoms with van der Waals surface area (Å²) in [5.74, 6) is -0.295. The Morgan fingerprint density at radius 3 is 2.67 bits per heavy atom. The van der Waals surface area contributed by atoms with E-state index in [0.29, 0.717) is 33.3 Å². The smallest absolute Gasteiger partial charge is 0.312 e. The van der Waals surface area contributed by atoms with Gasteiger partial charge in [-0.15, -0.1) is 11.3 Å². The maximum absolute atomic E-state index is 13.3. The van der Waals surface area contributed by atoms with E-state index in [1.165, 1.54) is 4.68 Å². The predicted molar refractivity (Wildman–Crippen MR) is 110 cm³/mol. The van der Waals surface area contributed by atoms with Gasteiger partial charge in [-0.3, -0.25) is 4.79 Å². The fourth-order valence-electron chi connectivity index (χ4n) is 3.18. The van der Waals surface area contributed by atoms with Gasteiger partial charge >= 0.3 is 5.69 Å². The molecule has 0 radical (unpaired) electrons. The molecule has 0 aliphatic carbocycles. The molecule has 3 heterocycles. The molecule has 0 saturated carbocycles. The molecule has 0 saturated heterocycles. The van der Waals surface area contributed by atoms with Gasteiger partial charge in [-0.2, -0.15) is 0 Å². The zero-order valence-corrected chi connectivity index (χ0v) is 17.5. The first kappa shape index (κ1) is 19.8. The molecule has 0 amide bonds. The van der Waals surface area contributed by atoms with Gasteiger partial charge in [0.15, 0.2) is 5.95 Å². The van der Waals surface area contributed by atoms with E-state index in [-0.39, 0.29) is 10.6 Å². The summed E-state index contributed by atoms with van der Waals surface area (Å²) in [6, 6.07) is 10.5. The summed E-state index contributed by atoms with van der Waals surface area (Å²) in [5.41, 5.74) is 7.74. The Balaban J connectivity index is 1.77. The first-order valence-electron chi connectivity index (χ1n) is 9.35. The van der Waals surface area contributed by atoms with Crippen LogP contribution in [0.3, 0.4) is 0 Å². The van der Waals surface area contributed by atoms with E-state index in [1.807, 2.05) is 12.1 Å². The minimum atomic E-state index is -0.832. The highest BCUT2D eigenvalue weighted by Gasteiger charge is 2.32. The molecular formula is C21H20N4O4S. The van der Waals surface area contributed by atoms with Gasteiger partial charge in [-0.25, -0.2) is 4.98 Å². The molecule has 154 valence electrons. The summed E-state index contributed by atoms with van der Waals surface area (Å²) in [6.07, 6.45) is 0.824. The van der Waals surface area contributed by atoms with Crippen molar-refractivity contribution in [3.63, 3.8) is 0 Å². The first-order chi connectivity index (χ1) is 14.4. The van der Waals surface area contributed by atoms with Crippen molar-refractivity contribution in [2.45, 2.75) is 20.3 Å². The number of rotatable bonds is 6. The Kier molecular flexibility index (Phi) is 5.13. The van der Waals surface area contributed by atoms with Crippen LogP contribution in [-0.2, 0) is 6.42 Å². The number of nitrogens with two attached hydrogens (primary N) is 1. The summed E-state index contributed by atoms with van der Waals surface area (Å²) >= 11 is 1.16. The summed E-state index contributed by atoms with van der Waals surface area (Å²) in [6.45, 7) is 4.23. The van der Waals surface area contributed by atoms with E-state index in [4.69, 9.17) is 15.0 Å². The molecule has 3 aromatic heterocycles. The van der Waals surface area contributed by atoms with E-state index >= 15 is 0 Å². The van der Waals surface area contributed by atoms with E-state index in [9.17, 15) is 9.90 Å². The molecule has 2 N–H and O–H groups in total. The molecule has 0 fully saturated rings. The SMILES string of the molecule is COc1ccc(-[n+]2noc([O-])c2C(=O)c2sc3nc(CC(C)C)ccc3c2N)cc1. The lowest BCUT2D eigenvalue weighted by Gasteiger charge is -2.03. The number of hydrogen-bond acceptors (Lipinski definition) is 8. The molecule has 0 atom stereocenters. The second-order valence-electron chi connectivity index (χ2n) is 7.25. The van der Waals surface area contributed by atoms with Gasteiger partial charge in [0.05, 0.1) is 18.1 Å². The zero-order valence-electron chi connectivity index (χ0n) is 16.7. The number of methoxy groups -OCH3 is 1. The lowest BCUT2D eigenvalue weighted by molar-refractivity contribution is -0.672. The second kappa shape index (κ2) is 7.75. The van der Waals surface area contributed by atoms with Gasteiger partial charge in [0.1, 0.15) is 15.5 Å². The molecule has 4 rings (SSSR count). The average Bonchev–Trinajstić information content (AvgIpc) is 3.27. The van der Waals surface area contributed by atoms with Crippen LogP contribution in [0, 0.1) is 5.92 Å². The largest absolute Gasteiger partial charge is 0.539 e. The third kappa shape index (κ3) is 3.48. The first-order valence-corrected chi connectivity index (χ1v) is 10.2. The van der Waals surface area contributed by atoms with Crippen molar-refractivity contribution in [1.29, 1.82) is 0 Å². The molecule has 4 aromatic rings. The van der Waals surface area contributed by atoms with Crippen LogP contribution in [0.4, 0.5) is 5.69 Å². The van der Waals surface area contributed by atoms with Crippen molar-refractivity contribution in [1.82, 2.24) is 10.3 Å². The molecule has 0 aliphatic heterocycles. The minimum absolute atomic E-state index is 0.221. The van der Waals surface area contributed by atoms with Crippen LogP contribution in [-0.4, -0.2) is 23.1 Å². The number of pyridine rings is 1. The van der Waals surface area contributed by atoms with Crippen LogP contribution >= 0.6 is 11.3 Å². The van der Waals surface area contributed by atoms with Crippen LogP contribution in [0.25, 0.3) is 15.9 Å². The number of carbonyl (C=O) groups excluding carboxylic acids is 1. The van der Waals surface area contributed by atoms with Crippen LogP contribution in [0.5, 0.6) is 11.7 Å². The van der Waals surface area contributed by atoms with Gasteiger partial charge in [-0.1, -0.05) is 13.8 Å². The highest BCUT2D eigenvalue weighted by atomic mass is 32.1. The van der Waals surface area contributed by atoms with Crippen molar-refractivity contribution in [3.05, 3.63) is 52.7 Å². The third-order valence-electron chi connectivity index (χ3n) is 4.62. The Hall–Kier alpha value is -3.46. The monoisotopic (exact) mass is 424 g/mol. The fraction of sp³-hybridized carbons (Fsp3) is 0.238. The maximum Gasteiger partial charge on any atom is 0.312 e. The molecular weight excluding hydrogens is 404 g/mol. The lowest BCUT2D eigenvalue weighted by atomic mass is 10.1. The average molecular weight is 424 g/mol. The minimum Gasteiger partial charge on any atom is -0.539 e. The van der Waals surface area contributed by atoms with Crippen molar-refractivity contribution >= 4 is 33.0 Å². The van der Waals surface area contributed by atoms with E-state index in [1.54, 1.807) is 31.4 Å². The van der Waals surface area contributed by atoms with Crippen LogP contribution in [0.2, 0.25) is 0 Å². The number of nitrogens with zero attached hydrogens (tertiary/aromatic N) is 3. The lowest BCUT2D eigenvalue weighted by Crippen LogP contribution is -2.39. The molecule has 9 heteroatoms. The zero-order chi connectivity index (χ0) is 21.4. The number of ether oxygens (including phenoxy) is 1. The highest BCUT2D eigenvalue weighted by molar-refractivity contribution is 7.21. The molecule has 8 nitrogen and oxygen atoms in total. The molecule has 0 bridgehead atoms. The van der Waals surface area contributed by atoms with Gasteiger partial charge in [-0.05, 0) is 41.3 Å². The summed E-state index contributed by atoms with van der Waals surface area (Å²) in [5, 5.41) is 16.7. The van der Waals surface area contributed by atoms with Crippen LogP contribution in [0.1, 0.15) is 34.9 Å². The number of ketones is 1.